The highest BCUT2D eigenvalue weighted by atomic mass is 32.1. The van der Waals surface area contributed by atoms with E-state index in [1.165, 1.54) is 41.9 Å². The maximum Gasteiger partial charge on any atom is 0.0302 e. The summed E-state index contributed by atoms with van der Waals surface area (Å²) in [4.78, 5) is 2.99. The Bertz CT molecular complexity index is 312. The number of hydrogen-bond acceptors (Lipinski definition) is 2. The van der Waals surface area contributed by atoms with Crippen LogP contribution in [0.1, 0.15) is 49.3 Å². The smallest absolute Gasteiger partial charge is 0.0302 e. The molecule has 1 heterocycles. The number of hydrogen-bond donors (Lipinski definition) is 1. The van der Waals surface area contributed by atoms with Crippen molar-refractivity contribution < 1.29 is 0 Å². The van der Waals surface area contributed by atoms with Crippen LogP contribution in [0.5, 0.6) is 0 Å². The lowest BCUT2D eigenvalue weighted by Crippen LogP contribution is -2.31. The summed E-state index contributed by atoms with van der Waals surface area (Å²) in [6.07, 6.45) is 6.91. The molecular formula is C14H23NS. The normalized spacial score (nSPS) is 19.1. The molecule has 2 rings (SSSR count). The SMILES string of the molecule is CCc1ccc(CNC(C)C2CCCC2)s1. The van der Waals surface area contributed by atoms with E-state index in [2.05, 4.69) is 31.3 Å². The van der Waals surface area contributed by atoms with Crippen LogP contribution in [0, 0.1) is 5.92 Å². The van der Waals surface area contributed by atoms with Crippen LogP contribution < -0.4 is 5.32 Å². The molecule has 0 bridgehead atoms. The summed E-state index contributed by atoms with van der Waals surface area (Å²) in [6.45, 7) is 5.64. The van der Waals surface area contributed by atoms with E-state index >= 15 is 0 Å². The van der Waals surface area contributed by atoms with Crippen molar-refractivity contribution in [2.24, 2.45) is 5.92 Å². The van der Waals surface area contributed by atoms with Crippen molar-refractivity contribution in [1.82, 2.24) is 5.32 Å². The Morgan fingerprint density at radius 3 is 2.62 bits per heavy atom. The second-order valence-electron chi connectivity index (χ2n) is 4.94. The summed E-state index contributed by atoms with van der Waals surface area (Å²) in [7, 11) is 0. The van der Waals surface area contributed by atoms with Crippen LogP contribution in [-0.2, 0) is 13.0 Å². The van der Waals surface area contributed by atoms with Crippen LogP contribution in [0.2, 0.25) is 0 Å². The molecule has 0 radical (unpaired) electrons. The van der Waals surface area contributed by atoms with E-state index in [4.69, 9.17) is 0 Å². The van der Waals surface area contributed by atoms with E-state index in [1.807, 2.05) is 11.3 Å². The van der Waals surface area contributed by atoms with Gasteiger partial charge in [0.25, 0.3) is 0 Å². The summed E-state index contributed by atoms with van der Waals surface area (Å²) in [5.41, 5.74) is 0. The van der Waals surface area contributed by atoms with E-state index in [9.17, 15) is 0 Å². The first-order valence-corrected chi connectivity index (χ1v) is 7.42. The maximum absolute atomic E-state index is 3.69. The van der Waals surface area contributed by atoms with Gasteiger partial charge in [-0.2, -0.15) is 0 Å². The molecule has 1 nitrogen and oxygen atoms in total. The highest BCUT2D eigenvalue weighted by Gasteiger charge is 2.20. The van der Waals surface area contributed by atoms with Crippen LogP contribution in [0.25, 0.3) is 0 Å². The number of aryl methyl sites for hydroxylation is 1. The summed E-state index contributed by atoms with van der Waals surface area (Å²) in [6, 6.07) is 5.23. The molecule has 1 unspecified atom stereocenters. The van der Waals surface area contributed by atoms with Crippen LogP contribution >= 0.6 is 11.3 Å². The Morgan fingerprint density at radius 2 is 2.00 bits per heavy atom. The monoisotopic (exact) mass is 237 g/mol. The van der Waals surface area contributed by atoms with Gasteiger partial charge in [0.05, 0.1) is 0 Å². The molecule has 0 amide bonds. The average molecular weight is 237 g/mol. The highest BCUT2D eigenvalue weighted by Crippen LogP contribution is 2.27. The van der Waals surface area contributed by atoms with Gasteiger partial charge in [-0.05, 0) is 44.2 Å². The second kappa shape index (κ2) is 5.83. The highest BCUT2D eigenvalue weighted by molar-refractivity contribution is 7.11. The second-order valence-corrected chi connectivity index (χ2v) is 6.19. The minimum absolute atomic E-state index is 0.690. The Labute approximate surface area is 103 Å². The largest absolute Gasteiger partial charge is 0.309 e. The van der Waals surface area contributed by atoms with Gasteiger partial charge in [-0.15, -0.1) is 11.3 Å². The van der Waals surface area contributed by atoms with Crippen molar-refractivity contribution in [3.8, 4) is 0 Å². The van der Waals surface area contributed by atoms with Crippen LogP contribution in [-0.4, -0.2) is 6.04 Å². The van der Waals surface area contributed by atoms with Crippen molar-refractivity contribution >= 4 is 11.3 Å². The number of rotatable bonds is 5. The minimum atomic E-state index is 0.690. The third kappa shape index (κ3) is 3.08. The van der Waals surface area contributed by atoms with E-state index in [1.54, 1.807) is 0 Å². The standard InChI is InChI=1S/C14H23NS/c1-3-13-8-9-14(16-13)10-15-11(2)12-6-4-5-7-12/h8-9,11-12,15H,3-7,10H2,1-2H3. The van der Waals surface area contributed by atoms with Crippen LogP contribution in [0.4, 0.5) is 0 Å². The number of thiophene rings is 1. The van der Waals surface area contributed by atoms with Gasteiger partial charge in [-0.25, -0.2) is 0 Å². The van der Waals surface area contributed by atoms with E-state index < -0.39 is 0 Å². The van der Waals surface area contributed by atoms with Gasteiger partial charge in [-0.3, -0.25) is 0 Å². The van der Waals surface area contributed by atoms with Gasteiger partial charge in [0, 0.05) is 22.3 Å². The molecule has 1 fully saturated rings. The lowest BCUT2D eigenvalue weighted by molar-refractivity contribution is 0.381. The van der Waals surface area contributed by atoms with Crippen molar-refractivity contribution in [1.29, 1.82) is 0 Å². The fraction of sp³-hybridized carbons (Fsp3) is 0.714. The van der Waals surface area contributed by atoms with Gasteiger partial charge in [0.1, 0.15) is 0 Å². The van der Waals surface area contributed by atoms with Gasteiger partial charge >= 0.3 is 0 Å². The molecule has 1 aromatic heterocycles. The molecule has 90 valence electrons. The van der Waals surface area contributed by atoms with Crippen LogP contribution in [0.15, 0.2) is 12.1 Å². The van der Waals surface area contributed by atoms with Crippen LogP contribution in [0.3, 0.4) is 0 Å². The van der Waals surface area contributed by atoms with Crippen molar-refractivity contribution in [2.45, 2.75) is 58.5 Å². The van der Waals surface area contributed by atoms with Crippen molar-refractivity contribution in [3.05, 3.63) is 21.9 Å². The van der Waals surface area contributed by atoms with Crippen molar-refractivity contribution in [2.75, 3.05) is 0 Å². The Kier molecular flexibility index (Phi) is 4.42. The third-order valence-electron chi connectivity index (χ3n) is 3.77. The van der Waals surface area contributed by atoms with Crippen molar-refractivity contribution in [3.63, 3.8) is 0 Å². The predicted molar refractivity (Wildman–Crippen MR) is 72.0 cm³/mol. The molecule has 1 atom stereocenters. The molecule has 1 N–H and O–H groups in total. The van der Waals surface area contributed by atoms with E-state index in [-0.39, 0.29) is 0 Å². The summed E-state index contributed by atoms with van der Waals surface area (Å²) >= 11 is 1.95. The molecule has 1 saturated carbocycles. The molecular weight excluding hydrogens is 214 g/mol. The lowest BCUT2D eigenvalue weighted by atomic mass is 10.00. The van der Waals surface area contributed by atoms with Gasteiger partial charge in [0.15, 0.2) is 0 Å². The molecule has 1 aromatic rings. The maximum atomic E-state index is 3.69. The topological polar surface area (TPSA) is 12.0 Å². The Balaban J connectivity index is 1.77. The minimum Gasteiger partial charge on any atom is -0.309 e. The molecule has 0 spiro atoms. The summed E-state index contributed by atoms with van der Waals surface area (Å²) in [5, 5.41) is 3.69. The first-order chi connectivity index (χ1) is 7.79. The average Bonchev–Trinajstić information content (AvgIpc) is 2.96. The molecule has 0 aromatic carbocycles. The first kappa shape index (κ1) is 12.1. The van der Waals surface area contributed by atoms with Gasteiger partial charge in [0.2, 0.25) is 0 Å². The number of nitrogens with one attached hydrogen (secondary N) is 1. The fourth-order valence-corrected chi connectivity index (χ4v) is 3.50. The van der Waals surface area contributed by atoms with E-state index in [0.29, 0.717) is 6.04 Å². The third-order valence-corrected chi connectivity index (χ3v) is 5.00. The predicted octanol–water partition coefficient (Wildman–Crippen LogP) is 3.98. The zero-order chi connectivity index (χ0) is 11.4. The zero-order valence-corrected chi connectivity index (χ0v) is 11.3. The summed E-state index contributed by atoms with van der Waals surface area (Å²) in [5.74, 6) is 0.922. The Morgan fingerprint density at radius 1 is 1.31 bits per heavy atom. The molecule has 16 heavy (non-hydrogen) atoms. The van der Waals surface area contributed by atoms with Gasteiger partial charge in [-0.1, -0.05) is 19.8 Å². The van der Waals surface area contributed by atoms with E-state index in [0.717, 1.165) is 12.5 Å². The summed E-state index contributed by atoms with van der Waals surface area (Å²) < 4.78 is 0. The molecule has 0 aliphatic heterocycles. The fourth-order valence-electron chi connectivity index (χ4n) is 2.59. The lowest BCUT2D eigenvalue weighted by Gasteiger charge is -2.19. The first-order valence-electron chi connectivity index (χ1n) is 6.60. The Hall–Kier alpha value is -0.340. The molecule has 1 aliphatic carbocycles. The molecule has 1 aliphatic rings. The molecule has 2 heteroatoms. The quantitative estimate of drug-likeness (QED) is 0.817. The molecule has 0 saturated heterocycles. The zero-order valence-electron chi connectivity index (χ0n) is 10.5. The van der Waals surface area contributed by atoms with Gasteiger partial charge < -0.3 is 5.32 Å².